The molecule has 3 rings (SSSR count). The first-order valence-corrected chi connectivity index (χ1v) is 8.40. The Morgan fingerprint density at radius 3 is 2.19 bits per heavy atom. The number of pyridine rings is 1. The molecule has 0 radical (unpaired) electrons. The Balaban J connectivity index is 1.85. The maximum atomic E-state index is 13.7. The highest BCUT2D eigenvalue weighted by Gasteiger charge is 2.14. The molecule has 4 nitrogen and oxygen atoms in total. The number of benzene rings is 2. The summed E-state index contributed by atoms with van der Waals surface area (Å²) in [7, 11) is 0. The molecule has 0 aliphatic rings. The van der Waals surface area contributed by atoms with Crippen molar-refractivity contribution in [3.63, 3.8) is 0 Å². The number of amides is 1. The summed E-state index contributed by atoms with van der Waals surface area (Å²) >= 11 is 0. The monoisotopic (exact) mass is 367 g/mol. The molecule has 2 N–H and O–H groups in total. The molecule has 0 saturated carbocycles. The van der Waals surface area contributed by atoms with Gasteiger partial charge in [0.05, 0.1) is 17.4 Å². The van der Waals surface area contributed by atoms with Crippen LogP contribution in [0.4, 0.5) is 25.8 Å². The molecule has 0 saturated heterocycles. The molecule has 0 bridgehead atoms. The van der Waals surface area contributed by atoms with E-state index in [9.17, 15) is 13.6 Å². The lowest BCUT2D eigenvalue weighted by Gasteiger charge is -2.14. The molecule has 0 aliphatic carbocycles. The number of hydrogen-bond donors (Lipinski definition) is 2. The van der Waals surface area contributed by atoms with E-state index < -0.39 is 23.2 Å². The summed E-state index contributed by atoms with van der Waals surface area (Å²) in [6.07, 6.45) is 2.92. The van der Waals surface area contributed by atoms with Gasteiger partial charge in [0, 0.05) is 11.9 Å². The van der Waals surface area contributed by atoms with Gasteiger partial charge in [-0.15, -0.1) is 0 Å². The van der Waals surface area contributed by atoms with Crippen LogP contribution in [-0.2, 0) is 0 Å². The number of aryl methyl sites for hydroxylation is 3. The molecule has 138 valence electrons. The van der Waals surface area contributed by atoms with Crippen molar-refractivity contribution in [3.8, 4) is 0 Å². The van der Waals surface area contributed by atoms with Gasteiger partial charge >= 0.3 is 0 Å². The molecule has 27 heavy (non-hydrogen) atoms. The second kappa shape index (κ2) is 7.53. The first-order chi connectivity index (χ1) is 12.8. The van der Waals surface area contributed by atoms with Crippen LogP contribution in [0.1, 0.15) is 27.0 Å². The van der Waals surface area contributed by atoms with E-state index >= 15 is 0 Å². The van der Waals surface area contributed by atoms with Crippen LogP contribution in [0.25, 0.3) is 0 Å². The first-order valence-electron chi connectivity index (χ1n) is 8.40. The zero-order valence-corrected chi connectivity index (χ0v) is 15.2. The van der Waals surface area contributed by atoms with Crippen LogP contribution in [0, 0.1) is 32.4 Å². The first kappa shape index (κ1) is 18.5. The minimum absolute atomic E-state index is 0.185. The number of carbonyl (C=O) groups excluding carboxylic acids is 1. The maximum Gasteiger partial charge on any atom is 0.257 e. The van der Waals surface area contributed by atoms with E-state index in [0.717, 1.165) is 34.5 Å². The van der Waals surface area contributed by atoms with Crippen molar-refractivity contribution < 1.29 is 13.6 Å². The third-order valence-corrected chi connectivity index (χ3v) is 4.15. The van der Waals surface area contributed by atoms with Crippen molar-refractivity contribution in [1.82, 2.24) is 4.98 Å². The molecule has 0 fully saturated rings. The Bertz CT molecular complexity index is 975. The van der Waals surface area contributed by atoms with Gasteiger partial charge in [0.15, 0.2) is 0 Å². The van der Waals surface area contributed by atoms with Crippen molar-refractivity contribution in [3.05, 3.63) is 82.7 Å². The number of carbonyl (C=O) groups is 1. The largest absolute Gasteiger partial charge is 0.354 e. The van der Waals surface area contributed by atoms with Crippen LogP contribution >= 0.6 is 0 Å². The summed E-state index contributed by atoms with van der Waals surface area (Å²) in [5.41, 5.74) is 4.53. The van der Waals surface area contributed by atoms with E-state index in [2.05, 4.69) is 27.8 Å². The molecule has 2 aromatic carbocycles. The van der Waals surface area contributed by atoms with Gasteiger partial charge in [0.2, 0.25) is 0 Å². The van der Waals surface area contributed by atoms with Gasteiger partial charge in [-0.3, -0.25) is 9.78 Å². The summed E-state index contributed by atoms with van der Waals surface area (Å²) in [6.45, 7) is 6.01. The van der Waals surface area contributed by atoms with Gasteiger partial charge in [-0.25, -0.2) is 8.78 Å². The van der Waals surface area contributed by atoms with Crippen molar-refractivity contribution in [2.75, 3.05) is 10.6 Å². The van der Waals surface area contributed by atoms with Crippen molar-refractivity contribution in [2.45, 2.75) is 20.8 Å². The average molecular weight is 367 g/mol. The number of nitrogens with zero attached hydrogens (tertiary/aromatic N) is 1. The van der Waals surface area contributed by atoms with Crippen LogP contribution in [0.2, 0.25) is 0 Å². The lowest BCUT2D eigenvalue weighted by Crippen LogP contribution is -2.15. The lowest BCUT2D eigenvalue weighted by molar-refractivity contribution is 0.102. The zero-order valence-electron chi connectivity index (χ0n) is 15.2. The highest BCUT2D eigenvalue weighted by molar-refractivity contribution is 6.04. The summed E-state index contributed by atoms with van der Waals surface area (Å²) in [5.74, 6) is -2.32. The fraction of sp³-hybridized carbons (Fsp3) is 0.143. The lowest BCUT2D eigenvalue weighted by atomic mass is 10.0. The van der Waals surface area contributed by atoms with E-state index in [-0.39, 0.29) is 5.56 Å². The second-order valence-electron chi connectivity index (χ2n) is 6.41. The quantitative estimate of drug-likeness (QED) is 0.659. The molecule has 1 amide bonds. The van der Waals surface area contributed by atoms with Crippen LogP contribution in [-0.4, -0.2) is 10.9 Å². The van der Waals surface area contributed by atoms with Gasteiger partial charge in [0.1, 0.15) is 17.3 Å². The van der Waals surface area contributed by atoms with Crippen LogP contribution in [0.15, 0.2) is 48.8 Å². The summed E-state index contributed by atoms with van der Waals surface area (Å²) in [4.78, 5) is 16.4. The van der Waals surface area contributed by atoms with Crippen molar-refractivity contribution >= 4 is 23.0 Å². The fourth-order valence-corrected chi connectivity index (χ4v) is 2.96. The topological polar surface area (TPSA) is 54.0 Å². The molecule has 0 aliphatic heterocycles. The Labute approximate surface area is 156 Å². The highest BCUT2D eigenvalue weighted by Crippen LogP contribution is 2.26. The number of anilines is 3. The van der Waals surface area contributed by atoms with Crippen LogP contribution in [0.5, 0.6) is 0 Å². The van der Waals surface area contributed by atoms with Gasteiger partial charge in [-0.2, -0.15) is 0 Å². The molecule has 0 spiro atoms. The van der Waals surface area contributed by atoms with Crippen LogP contribution in [0.3, 0.4) is 0 Å². The van der Waals surface area contributed by atoms with Crippen molar-refractivity contribution in [1.29, 1.82) is 0 Å². The molecular weight excluding hydrogens is 348 g/mol. The smallest absolute Gasteiger partial charge is 0.257 e. The predicted octanol–water partition coefficient (Wildman–Crippen LogP) is 5.28. The van der Waals surface area contributed by atoms with E-state index in [0.29, 0.717) is 5.69 Å². The van der Waals surface area contributed by atoms with Gasteiger partial charge in [0.25, 0.3) is 5.91 Å². The fourth-order valence-electron chi connectivity index (χ4n) is 2.96. The minimum atomic E-state index is -0.837. The third kappa shape index (κ3) is 4.11. The Kier molecular flexibility index (Phi) is 5.16. The Morgan fingerprint density at radius 1 is 0.926 bits per heavy atom. The Morgan fingerprint density at radius 2 is 1.56 bits per heavy atom. The summed E-state index contributed by atoms with van der Waals surface area (Å²) < 4.78 is 27.5. The van der Waals surface area contributed by atoms with Gasteiger partial charge in [-0.1, -0.05) is 23.8 Å². The van der Waals surface area contributed by atoms with Gasteiger partial charge < -0.3 is 10.6 Å². The standard InChI is InChI=1S/C21H19F2N3O/c1-12-7-13(2)19(14(3)8-12)25-16-9-15(10-24-11-16)21(27)26-20-17(22)5-4-6-18(20)23/h4-11,25H,1-3H3,(H,26,27). The van der Waals surface area contributed by atoms with E-state index in [1.807, 2.05) is 20.8 Å². The van der Waals surface area contributed by atoms with Crippen molar-refractivity contribution in [2.24, 2.45) is 0 Å². The molecular formula is C21H19F2N3O. The number of aromatic nitrogens is 1. The number of halogens is 2. The number of para-hydroxylation sites is 1. The number of nitrogens with one attached hydrogen (secondary N) is 2. The Hall–Kier alpha value is -3.28. The molecule has 6 heteroatoms. The van der Waals surface area contributed by atoms with Gasteiger partial charge in [-0.05, 0) is 50.1 Å². The molecule has 0 atom stereocenters. The number of rotatable bonds is 4. The van der Waals surface area contributed by atoms with E-state index in [1.54, 1.807) is 12.3 Å². The summed E-state index contributed by atoms with van der Waals surface area (Å²) in [5, 5.41) is 5.52. The molecule has 1 aromatic heterocycles. The highest BCUT2D eigenvalue weighted by atomic mass is 19.1. The molecule has 1 heterocycles. The number of hydrogen-bond acceptors (Lipinski definition) is 3. The predicted molar refractivity (Wildman–Crippen MR) is 102 cm³/mol. The molecule has 0 unspecified atom stereocenters. The zero-order chi connectivity index (χ0) is 19.6. The average Bonchev–Trinajstić information content (AvgIpc) is 2.61. The van der Waals surface area contributed by atoms with E-state index in [4.69, 9.17) is 0 Å². The summed E-state index contributed by atoms with van der Waals surface area (Å²) in [6, 6.07) is 9.09. The minimum Gasteiger partial charge on any atom is -0.354 e. The van der Waals surface area contributed by atoms with E-state index in [1.165, 1.54) is 12.3 Å². The molecule has 3 aromatic rings. The SMILES string of the molecule is Cc1cc(C)c(Nc2cncc(C(=O)Nc3c(F)cccc3F)c2)c(C)c1. The third-order valence-electron chi connectivity index (χ3n) is 4.15. The second-order valence-corrected chi connectivity index (χ2v) is 6.41. The normalized spacial score (nSPS) is 10.6. The van der Waals surface area contributed by atoms with Crippen LogP contribution < -0.4 is 10.6 Å². The maximum absolute atomic E-state index is 13.7.